The smallest absolute Gasteiger partial charge is 0.339 e. The van der Waals surface area contributed by atoms with E-state index in [2.05, 4.69) is 9.64 Å². The standard InChI is InChI=1S/C12H15NO3/c1-13-7-6-8-4-3-5-9(10(8)13)11(14)12(15)16-2/h3-5,11,14H,6-7H2,1-2H3. The summed E-state index contributed by atoms with van der Waals surface area (Å²) in [6.45, 7) is 0.917. The first-order valence-electron chi connectivity index (χ1n) is 5.24. The van der Waals surface area contributed by atoms with Gasteiger partial charge in [0.2, 0.25) is 0 Å². The second-order valence-corrected chi connectivity index (χ2v) is 3.95. The highest BCUT2D eigenvalue weighted by molar-refractivity contribution is 5.80. The normalized spacial score (nSPS) is 15.8. The number of carbonyl (C=O) groups excluding carboxylic acids is 1. The van der Waals surface area contributed by atoms with Gasteiger partial charge in [0, 0.05) is 24.8 Å². The van der Waals surface area contributed by atoms with E-state index in [9.17, 15) is 9.90 Å². The minimum absolute atomic E-state index is 0.617. The van der Waals surface area contributed by atoms with Gasteiger partial charge in [0.15, 0.2) is 6.10 Å². The van der Waals surface area contributed by atoms with Crippen molar-refractivity contribution in [2.75, 3.05) is 25.6 Å². The van der Waals surface area contributed by atoms with Crippen molar-refractivity contribution in [2.45, 2.75) is 12.5 Å². The Morgan fingerprint density at radius 3 is 3.00 bits per heavy atom. The number of hydrogen-bond acceptors (Lipinski definition) is 4. The molecule has 4 nitrogen and oxygen atoms in total. The minimum atomic E-state index is -1.19. The van der Waals surface area contributed by atoms with Crippen LogP contribution < -0.4 is 4.90 Å². The highest BCUT2D eigenvalue weighted by Gasteiger charge is 2.26. The molecular weight excluding hydrogens is 206 g/mol. The first kappa shape index (κ1) is 11.0. The molecule has 1 heterocycles. The number of ether oxygens (including phenoxy) is 1. The summed E-state index contributed by atoms with van der Waals surface area (Å²) in [4.78, 5) is 13.4. The Labute approximate surface area is 94.4 Å². The number of likely N-dealkylation sites (N-methyl/N-ethyl adjacent to an activating group) is 1. The van der Waals surface area contributed by atoms with Gasteiger partial charge < -0.3 is 14.7 Å². The third-order valence-corrected chi connectivity index (χ3v) is 2.97. The maximum atomic E-state index is 11.3. The van der Waals surface area contributed by atoms with Crippen molar-refractivity contribution in [3.63, 3.8) is 0 Å². The van der Waals surface area contributed by atoms with Crippen LogP contribution in [0.4, 0.5) is 5.69 Å². The summed E-state index contributed by atoms with van der Waals surface area (Å²) in [6, 6.07) is 5.65. The number of nitrogens with zero attached hydrogens (tertiary/aromatic N) is 1. The minimum Gasteiger partial charge on any atom is -0.467 e. The van der Waals surface area contributed by atoms with Crippen molar-refractivity contribution in [1.82, 2.24) is 0 Å². The van der Waals surface area contributed by atoms with Gasteiger partial charge in [0.05, 0.1) is 7.11 Å². The molecule has 1 aliphatic heterocycles. The molecule has 0 fully saturated rings. The molecule has 0 spiro atoms. The van der Waals surface area contributed by atoms with Crippen LogP contribution in [0.3, 0.4) is 0 Å². The number of aliphatic hydroxyl groups is 1. The lowest BCUT2D eigenvalue weighted by atomic mass is 10.0. The molecule has 1 N–H and O–H groups in total. The fraction of sp³-hybridized carbons (Fsp3) is 0.417. The van der Waals surface area contributed by atoms with Crippen LogP contribution >= 0.6 is 0 Å². The number of benzene rings is 1. The first-order valence-corrected chi connectivity index (χ1v) is 5.24. The zero-order valence-electron chi connectivity index (χ0n) is 9.43. The second kappa shape index (κ2) is 4.14. The van der Waals surface area contributed by atoms with E-state index >= 15 is 0 Å². The SMILES string of the molecule is COC(=O)C(O)c1cccc2c1N(C)CC2. The Bertz CT molecular complexity index is 417. The number of aliphatic hydroxyl groups excluding tert-OH is 1. The average molecular weight is 221 g/mol. The monoisotopic (exact) mass is 221 g/mol. The van der Waals surface area contributed by atoms with Gasteiger partial charge in [-0.1, -0.05) is 18.2 Å². The van der Waals surface area contributed by atoms with Crippen LogP contribution in [0.2, 0.25) is 0 Å². The van der Waals surface area contributed by atoms with E-state index in [1.165, 1.54) is 12.7 Å². The summed E-state index contributed by atoms with van der Waals surface area (Å²) in [5, 5.41) is 9.87. The zero-order valence-corrected chi connectivity index (χ0v) is 9.43. The van der Waals surface area contributed by atoms with Gasteiger partial charge in [-0.2, -0.15) is 0 Å². The largest absolute Gasteiger partial charge is 0.467 e. The summed E-state index contributed by atoms with van der Waals surface area (Å²) >= 11 is 0. The van der Waals surface area contributed by atoms with Gasteiger partial charge in [-0.25, -0.2) is 4.79 Å². The lowest BCUT2D eigenvalue weighted by Gasteiger charge is -2.19. The van der Waals surface area contributed by atoms with Gasteiger partial charge >= 0.3 is 5.97 Å². The predicted octanol–water partition coefficient (Wildman–Crippen LogP) is 0.885. The van der Waals surface area contributed by atoms with Crippen molar-refractivity contribution in [2.24, 2.45) is 0 Å². The van der Waals surface area contributed by atoms with E-state index in [0.29, 0.717) is 5.56 Å². The van der Waals surface area contributed by atoms with Crippen LogP contribution in [-0.4, -0.2) is 31.8 Å². The van der Waals surface area contributed by atoms with Gasteiger partial charge in [-0.05, 0) is 12.0 Å². The molecule has 1 aromatic carbocycles. The predicted molar refractivity (Wildman–Crippen MR) is 60.4 cm³/mol. The second-order valence-electron chi connectivity index (χ2n) is 3.95. The topological polar surface area (TPSA) is 49.8 Å². The fourth-order valence-electron chi connectivity index (χ4n) is 2.14. The molecule has 0 aliphatic carbocycles. The Kier molecular flexibility index (Phi) is 2.83. The van der Waals surface area contributed by atoms with Crippen LogP contribution in [0.5, 0.6) is 0 Å². The molecule has 0 bridgehead atoms. The number of anilines is 1. The number of esters is 1. The summed E-state index contributed by atoms with van der Waals surface area (Å²) < 4.78 is 4.55. The van der Waals surface area contributed by atoms with Crippen LogP contribution in [-0.2, 0) is 16.0 Å². The highest BCUT2D eigenvalue weighted by atomic mass is 16.5. The van der Waals surface area contributed by atoms with E-state index in [-0.39, 0.29) is 0 Å². The zero-order chi connectivity index (χ0) is 11.7. The molecule has 0 saturated heterocycles. The van der Waals surface area contributed by atoms with E-state index < -0.39 is 12.1 Å². The molecule has 0 amide bonds. The Hall–Kier alpha value is -1.55. The van der Waals surface area contributed by atoms with Crippen LogP contribution in [0.25, 0.3) is 0 Å². The highest BCUT2D eigenvalue weighted by Crippen LogP contribution is 2.34. The van der Waals surface area contributed by atoms with Gasteiger partial charge in [0.1, 0.15) is 0 Å². The molecule has 1 aliphatic rings. The van der Waals surface area contributed by atoms with Gasteiger partial charge in [-0.15, -0.1) is 0 Å². The van der Waals surface area contributed by atoms with Crippen molar-refractivity contribution in [3.05, 3.63) is 29.3 Å². The van der Waals surface area contributed by atoms with Gasteiger partial charge in [0.25, 0.3) is 0 Å². The van der Waals surface area contributed by atoms with E-state index in [0.717, 1.165) is 18.7 Å². The molecule has 1 aromatic rings. The average Bonchev–Trinajstić information content (AvgIpc) is 2.69. The van der Waals surface area contributed by atoms with Crippen molar-refractivity contribution in [3.8, 4) is 0 Å². The summed E-state index contributed by atoms with van der Waals surface area (Å²) in [5.41, 5.74) is 2.76. The Morgan fingerprint density at radius 2 is 2.31 bits per heavy atom. The number of methoxy groups -OCH3 is 1. The molecule has 4 heteroatoms. The maximum Gasteiger partial charge on any atom is 0.339 e. The number of rotatable bonds is 2. The third kappa shape index (κ3) is 1.65. The summed E-state index contributed by atoms with van der Waals surface area (Å²) in [5.74, 6) is -0.617. The summed E-state index contributed by atoms with van der Waals surface area (Å²) in [7, 11) is 3.23. The van der Waals surface area contributed by atoms with E-state index in [4.69, 9.17) is 0 Å². The number of fused-ring (bicyclic) bond motifs is 1. The summed E-state index contributed by atoms with van der Waals surface area (Å²) in [6.07, 6.45) is -0.242. The Morgan fingerprint density at radius 1 is 1.56 bits per heavy atom. The van der Waals surface area contributed by atoms with E-state index in [1.807, 2.05) is 19.2 Å². The molecule has 1 atom stereocenters. The van der Waals surface area contributed by atoms with Crippen LogP contribution in [0.15, 0.2) is 18.2 Å². The lowest BCUT2D eigenvalue weighted by Crippen LogP contribution is -2.19. The van der Waals surface area contributed by atoms with Crippen molar-refractivity contribution >= 4 is 11.7 Å². The quantitative estimate of drug-likeness (QED) is 0.753. The molecule has 86 valence electrons. The Balaban J connectivity index is 2.42. The van der Waals surface area contributed by atoms with Crippen LogP contribution in [0.1, 0.15) is 17.2 Å². The van der Waals surface area contributed by atoms with E-state index in [1.54, 1.807) is 6.07 Å². The van der Waals surface area contributed by atoms with Gasteiger partial charge in [-0.3, -0.25) is 0 Å². The molecule has 0 radical (unpaired) electrons. The molecule has 2 rings (SSSR count). The lowest BCUT2D eigenvalue weighted by molar-refractivity contribution is -0.150. The fourth-order valence-corrected chi connectivity index (χ4v) is 2.14. The molecular formula is C12H15NO3. The van der Waals surface area contributed by atoms with Crippen molar-refractivity contribution in [1.29, 1.82) is 0 Å². The molecule has 0 aromatic heterocycles. The molecule has 0 saturated carbocycles. The third-order valence-electron chi connectivity index (χ3n) is 2.97. The maximum absolute atomic E-state index is 11.3. The number of carbonyl (C=O) groups is 1. The number of hydrogen-bond donors (Lipinski definition) is 1. The first-order chi connectivity index (χ1) is 7.65. The van der Waals surface area contributed by atoms with Crippen LogP contribution in [0, 0.1) is 0 Å². The van der Waals surface area contributed by atoms with Crippen molar-refractivity contribution < 1.29 is 14.6 Å². The molecule has 1 unspecified atom stereocenters. The molecule has 16 heavy (non-hydrogen) atoms. The number of para-hydroxylation sites is 1.